The van der Waals surface area contributed by atoms with Gasteiger partial charge in [0.05, 0.1) is 19.2 Å². The van der Waals surface area contributed by atoms with Crippen LogP contribution in [-0.2, 0) is 0 Å². The van der Waals surface area contributed by atoms with Crippen LogP contribution in [0.15, 0.2) is 24.3 Å². The molecule has 3 heteroatoms. The van der Waals surface area contributed by atoms with Crippen LogP contribution < -0.4 is 9.47 Å². The topological polar surface area (TPSA) is 31.4 Å². The molecule has 0 aliphatic carbocycles. The number of fused-ring (bicyclic) bond motifs is 1. The van der Waals surface area contributed by atoms with Crippen LogP contribution in [0.25, 0.3) is 10.9 Å². The Kier molecular flexibility index (Phi) is 2.95. The predicted molar refractivity (Wildman–Crippen MR) is 64.2 cm³/mol. The first-order valence-corrected chi connectivity index (χ1v) is 5.32. The maximum atomic E-state index is 5.60. The maximum absolute atomic E-state index is 5.60. The Labute approximate surface area is 95.0 Å². The second-order valence-electron chi connectivity index (χ2n) is 3.58. The van der Waals surface area contributed by atoms with Crippen molar-refractivity contribution in [1.29, 1.82) is 0 Å². The number of benzene rings is 1. The number of ether oxygens (including phenoxy) is 2. The molecular weight excluding hydrogens is 202 g/mol. The molecule has 2 aromatic rings. The first kappa shape index (κ1) is 10.7. The van der Waals surface area contributed by atoms with Gasteiger partial charge in [-0.3, -0.25) is 4.98 Å². The maximum Gasteiger partial charge on any atom is 0.130 e. The minimum absolute atomic E-state index is 0.649. The molecule has 0 spiro atoms. The third-order valence-electron chi connectivity index (χ3n) is 2.41. The quantitative estimate of drug-likeness (QED) is 0.792. The molecule has 1 heterocycles. The third kappa shape index (κ3) is 1.94. The van der Waals surface area contributed by atoms with Gasteiger partial charge in [0.25, 0.3) is 0 Å². The first-order valence-electron chi connectivity index (χ1n) is 5.32. The van der Waals surface area contributed by atoms with Gasteiger partial charge < -0.3 is 9.47 Å². The Hall–Kier alpha value is -1.77. The van der Waals surface area contributed by atoms with Crippen molar-refractivity contribution in [3.63, 3.8) is 0 Å². The number of aryl methyl sites for hydroxylation is 1. The SMILES string of the molecule is CCOc1cc(C)nc2ccc(OC)cc12. The summed E-state index contributed by atoms with van der Waals surface area (Å²) in [7, 11) is 1.66. The molecule has 0 N–H and O–H groups in total. The largest absolute Gasteiger partial charge is 0.497 e. The van der Waals surface area contributed by atoms with Gasteiger partial charge in [-0.25, -0.2) is 0 Å². The number of hydrogen-bond donors (Lipinski definition) is 0. The lowest BCUT2D eigenvalue weighted by molar-refractivity contribution is 0.343. The van der Waals surface area contributed by atoms with Gasteiger partial charge in [-0.05, 0) is 32.0 Å². The number of aromatic nitrogens is 1. The molecule has 1 aromatic heterocycles. The Morgan fingerprint density at radius 1 is 1.25 bits per heavy atom. The third-order valence-corrected chi connectivity index (χ3v) is 2.41. The fraction of sp³-hybridized carbons (Fsp3) is 0.308. The van der Waals surface area contributed by atoms with Crippen molar-refractivity contribution >= 4 is 10.9 Å². The highest BCUT2D eigenvalue weighted by Crippen LogP contribution is 2.28. The fourth-order valence-corrected chi connectivity index (χ4v) is 1.70. The van der Waals surface area contributed by atoms with Crippen molar-refractivity contribution in [2.45, 2.75) is 13.8 Å². The monoisotopic (exact) mass is 217 g/mol. The summed E-state index contributed by atoms with van der Waals surface area (Å²) >= 11 is 0. The Bertz CT molecular complexity index is 509. The van der Waals surface area contributed by atoms with Gasteiger partial charge in [0.2, 0.25) is 0 Å². The molecule has 0 fully saturated rings. The van der Waals surface area contributed by atoms with Crippen molar-refractivity contribution in [3.05, 3.63) is 30.0 Å². The number of hydrogen-bond acceptors (Lipinski definition) is 3. The Morgan fingerprint density at radius 3 is 2.75 bits per heavy atom. The molecular formula is C13H15NO2. The summed E-state index contributed by atoms with van der Waals surface area (Å²) in [6.45, 7) is 4.59. The highest BCUT2D eigenvalue weighted by Gasteiger charge is 2.06. The second kappa shape index (κ2) is 4.39. The van der Waals surface area contributed by atoms with Gasteiger partial charge in [-0.2, -0.15) is 0 Å². The molecule has 2 rings (SSSR count). The Balaban J connectivity index is 2.65. The average Bonchev–Trinajstić information content (AvgIpc) is 2.29. The summed E-state index contributed by atoms with van der Waals surface area (Å²) in [5.41, 5.74) is 1.89. The molecule has 0 atom stereocenters. The van der Waals surface area contributed by atoms with E-state index in [4.69, 9.17) is 9.47 Å². The lowest BCUT2D eigenvalue weighted by Gasteiger charge is -2.09. The van der Waals surface area contributed by atoms with Crippen LogP contribution in [0.2, 0.25) is 0 Å². The Morgan fingerprint density at radius 2 is 2.06 bits per heavy atom. The van der Waals surface area contributed by atoms with Gasteiger partial charge in [0, 0.05) is 17.1 Å². The van der Waals surface area contributed by atoms with E-state index < -0.39 is 0 Å². The summed E-state index contributed by atoms with van der Waals surface area (Å²) in [5.74, 6) is 1.68. The van der Waals surface area contributed by atoms with E-state index in [0.29, 0.717) is 6.61 Å². The van der Waals surface area contributed by atoms with Crippen molar-refractivity contribution in [3.8, 4) is 11.5 Å². The molecule has 84 valence electrons. The highest BCUT2D eigenvalue weighted by molar-refractivity contribution is 5.86. The van der Waals surface area contributed by atoms with E-state index in [2.05, 4.69) is 4.98 Å². The van der Waals surface area contributed by atoms with Crippen molar-refractivity contribution in [2.75, 3.05) is 13.7 Å². The summed E-state index contributed by atoms with van der Waals surface area (Å²) in [4.78, 5) is 4.46. The molecule has 0 bridgehead atoms. The molecule has 0 unspecified atom stereocenters. The first-order chi connectivity index (χ1) is 7.74. The minimum atomic E-state index is 0.649. The van der Waals surface area contributed by atoms with E-state index in [9.17, 15) is 0 Å². The van der Waals surface area contributed by atoms with Gasteiger partial charge in [-0.15, -0.1) is 0 Å². The molecule has 0 amide bonds. The molecule has 0 radical (unpaired) electrons. The molecule has 0 aliphatic heterocycles. The van der Waals surface area contributed by atoms with E-state index in [0.717, 1.165) is 28.1 Å². The van der Waals surface area contributed by atoms with Crippen LogP contribution in [0.5, 0.6) is 11.5 Å². The van der Waals surface area contributed by atoms with E-state index in [1.165, 1.54) is 0 Å². The van der Waals surface area contributed by atoms with Gasteiger partial charge in [0.15, 0.2) is 0 Å². The van der Waals surface area contributed by atoms with E-state index in [1.54, 1.807) is 7.11 Å². The van der Waals surface area contributed by atoms with Crippen molar-refractivity contribution in [1.82, 2.24) is 4.98 Å². The van der Waals surface area contributed by atoms with E-state index in [-0.39, 0.29) is 0 Å². The number of pyridine rings is 1. The standard InChI is InChI=1S/C13H15NO2/c1-4-16-13-7-9(2)14-12-6-5-10(15-3)8-11(12)13/h5-8H,4H2,1-3H3. The zero-order valence-electron chi connectivity index (χ0n) is 9.78. The molecule has 0 aliphatic rings. The summed E-state index contributed by atoms with van der Waals surface area (Å²) in [6.07, 6.45) is 0. The lowest BCUT2D eigenvalue weighted by atomic mass is 10.1. The van der Waals surface area contributed by atoms with Crippen LogP contribution in [-0.4, -0.2) is 18.7 Å². The van der Waals surface area contributed by atoms with Crippen LogP contribution in [0.3, 0.4) is 0 Å². The number of nitrogens with zero attached hydrogens (tertiary/aromatic N) is 1. The van der Waals surface area contributed by atoms with Crippen molar-refractivity contribution < 1.29 is 9.47 Å². The number of rotatable bonds is 3. The van der Waals surface area contributed by atoms with Crippen LogP contribution in [0.1, 0.15) is 12.6 Å². The van der Waals surface area contributed by atoms with Crippen LogP contribution in [0, 0.1) is 6.92 Å². The molecule has 3 nitrogen and oxygen atoms in total. The van der Waals surface area contributed by atoms with Gasteiger partial charge in [-0.1, -0.05) is 0 Å². The van der Waals surface area contributed by atoms with Crippen LogP contribution in [0.4, 0.5) is 0 Å². The summed E-state index contributed by atoms with van der Waals surface area (Å²) < 4.78 is 10.8. The molecule has 16 heavy (non-hydrogen) atoms. The highest BCUT2D eigenvalue weighted by atomic mass is 16.5. The van der Waals surface area contributed by atoms with E-state index >= 15 is 0 Å². The van der Waals surface area contributed by atoms with Crippen molar-refractivity contribution in [2.24, 2.45) is 0 Å². The second-order valence-corrected chi connectivity index (χ2v) is 3.58. The van der Waals surface area contributed by atoms with Gasteiger partial charge >= 0.3 is 0 Å². The zero-order valence-corrected chi connectivity index (χ0v) is 9.78. The summed E-state index contributed by atoms with van der Waals surface area (Å²) in [6, 6.07) is 7.76. The predicted octanol–water partition coefficient (Wildman–Crippen LogP) is 2.95. The minimum Gasteiger partial charge on any atom is -0.497 e. The van der Waals surface area contributed by atoms with E-state index in [1.807, 2.05) is 38.1 Å². The molecule has 0 saturated carbocycles. The molecule has 1 aromatic carbocycles. The van der Waals surface area contributed by atoms with Gasteiger partial charge in [0.1, 0.15) is 11.5 Å². The number of methoxy groups -OCH3 is 1. The average molecular weight is 217 g/mol. The normalized spacial score (nSPS) is 10.4. The smallest absolute Gasteiger partial charge is 0.130 e. The molecule has 0 saturated heterocycles. The zero-order chi connectivity index (χ0) is 11.5. The lowest BCUT2D eigenvalue weighted by Crippen LogP contribution is -1.95. The van der Waals surface area contributed by atoms with Crippen LogP contribution >= 0.6 is 0 Å². The fourth-order valence-electron chi connectivity index (χ4n) is 1.70. The summed E-state index contributed by atoms with van der Waals surface area (Å²) in [5, 5.41) is 0.992.